The molecule has 25 heavy (non-hydrogen) atoms. The molecule has 1 amide bonds. The van der Waals surface area contributed by atoms with Crippen molar-refractivity contribution in [3.8, 4) is 0 Å². The fourth-order valence-electron chi connectivity index (χ4n) is 3.15. The van der Waals surface area contributed by atoms with Gasteiger partial charge in [-0.15, -0.1) is 10.2 Å². The van der Waals surface area contributed by atoms with Crippen molar-refractivity contribution in [1.82, 2.24) is 10.2 Å². The zero-order chi connectivity index (χ0) is 17.5. The minimum atomic E-state index is -0.508. The molecule has 6 heteroatoms. The zero-order valence-electron chi connectivity index (χ0n) is 14.5. The predicted octanol–water partition coefficient (Wildman–Crippen LogP) is 3.50. The molecule has 1 N–H and O–H groups in total. The molecule has 6 nitrogen and oxygen atoms in total. The fourth-order valence-corrected chi connectivity index (χ4v) is 3.15. The van der Waals surface area contributed by atoms with E-state index in [4.69, 9.17) is 4.74 Å². The van der Waals surface area contributed by atoms with Crippen LogP contribution < -0.4 is 10.2 Å². The quantitative estimate of drug-likeness (QED) is 0.902. The van der Waals surface area contributed by atoms with E-state index in [2.05, 4.69) is 50.7 Å². The van der Waals surface area contributed by atoms with Crippen LogP contribution in [-0.2, 0) is 11.2 Å². The Morgan fingerprint density at radius 3 is 2.56 bits per heavy atom. The molecule has 1 aliphatic rings. The Kier molecular flexibility index (Phi) is 5.82. The molecule has 0 radical (unpaired) electrons. The number of carbonyl (C=O) groups excluding carboxylic acids is 1. The van der Waals surface area contributed by atoms with Crippen LogP contribution in [0.5, 0.6) is 0 Å². The Labute approximate surface area is 148 Å². The van der Waals surface area contributed by atoms with Gasteiger partial charge in [0.1, 0.15) is 0 Å². The van der Waals surface area contributed by atoms with Gasteiger partial charge in [-0.2, -0.15) is 0 Å². The lowest BCUT2D eigenvalue weighted by molar-refractivity contribution is 0.168. The van der Waals surface area contributed by atoms with Gasteiger partial charge in [0.15, 0.2) is 11.6 Å². The molecule has 0 unspecified atom stereocenters. The molecule has 1 aliphatic heterocycles. The van der Waals surface area contributed by atoms with E-state index < -0.39 is 6.09 Å². The third-order valence-corrected chi connectivity index (χ3v) is 4.46. The highest BCUT2D eigenvalue weighted by Gasteiger charge is 2.20. The Morgan fingerprint density at radius 1 is 1.16 bits per heavy atom. The number of nitrogens with zero attached hydrogens (tertiary/aromatic N) is 3. The first-order valence-electron chi connectivity index (χ1n) is 8.81. The highest BCUT2D eigenvalue weighted by atomic mass is 16.5. The van der Waals surface area contributed by atoms with Crippen LogP contribution in [-0.4, -0.2) is 36.0 Å². The first-order valence-corrected chi connectivity index (χ1v) is 8.81. The number of benzene rings is 1. The maximum absolute atomic E-state index is 11.4. The van der Waals surface area contributed by atoms with Crippen molar-refractivity contribution in [2.24, 2.45) is 5.92 Å². The molecule has 0 aliphatic carbocycles. The topological polar surface area (TPSA) is 67.3 Å². The second-order valence-electron chi connectivity index (χ2n) is 6.24. The second kappa shape index (κ2) is 8.46. The number of rotatable bonds is 5. The van der Waals surface area contributed by atoms with Gasteiger partial charge in [0.05, 0.1) is 6.61 Å². The Morgan fingerprint density at radius 2 is 1.92 bits per heavy atom. The van der Waals surface area contributed by atoms with Crippen molar-refractivity contribution < 1.29 is 9.53 Å². The van der Waals surface area contributed by atoms with E-state index in [-0.39, 0.29) is 0 Å². The largest absolute Gasteiger partial charge is 0.450 e. The fraction of sp³-hybridized carbons (Fsp3) is 0.421. The van der Waals surface area contributed by atoms with Crippen LogP contribution >= 0.6 is 0 Å². The number of carbonyl (C=O) groups is 1. The van der Waals surface area contributed by atoms with Gasteiger partial charge in [-0.3, -0.25) is 5.32 Å². The highest BCUT2D eigenvalue weighted by molar-refractivity contribution is 5.83. The number of hydrogen-bond acceptors (Lipinski definition) is 5. The van der Waals surface area contributed by atoms with Gasteiger partial charge in [0.2, 0.25) is 0 Å². The maximum Gasteiger partial charge on any atom is 0.412 e. The van der Waals surface area contributed by atoms with Gasteiger partial charge >= 0.3 is 6.09 Å². The van der Waals surface area contributed by atoms with Crippen LogP contribution in [0, 0.1) is 5.92 Å². The summed E-state index contributed by atoms with van der Waals surface area (Å²) < 4.78 is 4.82. The second-order valence-corrected chi connectivity index (χ2v) is 6.24. The molecule has 1 aromatic heterocycles. The van der Waals surface area contributed by atoms with Crippen molar-refractivity contribution in [1.29, 1.82) is 0 Å². The standard InChI is InChI=1S/C19H24N4O2/c1-2-25-19(24)20-17-8-9-18(22-21-17)23-12-10-16(11-13-23)14-15-6-4-3-5-7-15/h3-9,16H,2,10-14H2,1H3,(H,20,21,24). The van der Waals surface area contributed by atoms with Crippen LogP contribution in [0.1, 0.15) is 25.3 Å². The summed E-state index contributed by atoms with van der Waals surface area (Å²) in [5.74, 6) is 1.98. The summed E-state index contributed by atoms with van der Waals surface area (Å²) in [7, 11) is 0. The smallest absolute Gasteiger partial charge is 0.412 e. The number of aromatic nitrogens is 2. The van der Waals surface area contributed by atoms with Crippen molar-refractivity contribution in [3.05, 3.63) is 48.0 Å². The number of amides is 1. The van der Waals surface area contributed by atoms with E-state index >= 15 is 0 Å². The van der Waals surface area contributed by atoms with Crippen LogP contribution in [0.4, 0.5) is 16.4 Å². The van der Waals surface area contributed by atoms with E-state index in [9.17, 15) is 4.79 Å². The van der Waals surface area contributed by atoms with Crippen LogP contribution in [0.2, 0.25) is 0 Å². The van der Waals surface area contributed by atoms with E-state index in [1.54, 1.807) is 13.0 Å². The number of hydrogen-bond donors (Lipinski definition) is 1. The summed E-state index contributed by atoms with van der Waals surface area (Å²) in [6, 6.07) is 14.3. The Balaban J connectivity index is 1.50. The van der Waals surface area contributed by atoms with Crippen LogP contribution in [0.15, 0.2) is 42.5 Å². The Hall–Kier alpha value is -2.63. The molecule has 1 aromatic carbocycles. The van der Waals surface area contributed by atoms with Gasteiger partial charge in [0.25, 0.3) is 0 Å². The van der Waals surface area contributed by atoms with E-state index in [1.165, 1.54) is 5.56 Å². The normalized spacial score (nSPS) is 15.0. The third-order valence-electron chi connectivity index (χ3n) is 4.46. The molecule has 132 valence electrons. The molecular weight excluding hydrogens is 316 g/mol. The molecule has 3 rings (SSSR count). The first-order chi connectivity index (χ1) is 12.2. The average Bonchev–Trinajstić information content (AvgIpc) is 2.64. The van der Waals surface area contributed by atoms with Gasteiger partial charge < -0.3 is 9.64 Å². The predicted molar refractivity (Wildman–Crippen MR) is 97.8 cm³/mol. The van der Waals surface area contributed by atoms with Crippen LogP contribution in [0.3, 0.4) is 0 Å². The molecule has 2 aromatic rings. The van der Waals surface area contributed by atoms with Crippen LogP contribution in [0.25, 0.3) is 0 Å². The lowest BCUT2D eigenvalue weighted by atomic mass is 9.90. The van der Waals surface area contributed by atoms with Gasteiger partial charge in [0, 0.05) is 13.1 Å². The Bertz CT molecular complexity index is 668. The van der Waals surface area contributed by atoms with Crippen molar-refractivity contribution in [2.45, 2.75) is 26.2 Å². The number of piperidine rings is 1. The zero-order valence-corrected chi connectivity index (χ0v) is 14.5. The molecule has 0 bridgehead atoms. The molecular formula is C19H24N4O2. The number of ether oxygens (including phenoxy) is 1. The molecule has 1 fully saturated rings. The summed E-state index contributed by atoms with van der Waals surface area (Å²) in [5.41, 5.74) is 1.41. The molecule has 1 saturated heterocycles. The minimum Gasteiger partial charge on any atom is -0.450 e. The molecule has 0 saturated carbocycles. The number of anilines is 2. The van der Waals surface area contributed by atoms with Gasteiger partial charge in [-0.25, -0.2) is 4.79 Å². The van der Waals surface area contributed by atoms with Gasteiger partial charge in [-0.1, -0.05) is 30.3 Å². The third kappa shape index (κ3) is 4.92. The first kappa shape index (κ1) is 17.2. The maximum atomic E-state index is 11.4. The molecule has 0 spiro atoms. The van der Waals surface area contributed by atoms with Gasteiger partial charge in [-0.05, 0) is 49.8 Å². The summed E-state index contributed by atoms with van der Waals surface area (Å²) >= 11 is 0. The van der Waals surface area contributed by atoms with Crippen molar-refractivity contribution in [2.75, 3.05) is 29.9 Å². The molecule has 0 atom stereocenters. The summed E-state index contributed by atoms with van der Waals surface area (Å²) in [5, 5.41) is 10.8. The van der Waals surface area contributed by atoms with E-state index in [1.807, 2.05) is 6.07 Å². The summed E-state index contributed by atoms with van der Waals surface area (Å²) in [4.78, 5) is 13.6. The SMILES string of the molecule is CCOC(=O)Nc1ccc(N2CCC(Cc3ccccc3)CC2)nn1. The number of nitrogens with one attached hydrogen (secondary N) is 1. The average molecular weight is 340 g/mol. The summed E-state index contributed by atoms with van der Waals surface area (Å²) in [6.07, 6.45) is 2.94. The lowest BCUT2D eigenvalue weighted by Gasteiger charge is -2.32. The van der Waals surface area contributed by atoms with E-state index in [0.29, 0.717) is 12.4 Å². The summed E-state index contributed by atoms with van der Waals surface area (Å²) in [6.45, 7) is 4.05. The minimum absolute atomic E-state index is 0.329. The highest BCUT2D eigenvalue weighted by Crippen LogP contribution is 2.24. The molecule has 2 heterocycles. The van der Waals surface area contributed by atoms with Crippen molar-refractivity contribution in [3.63, 3.8) is 0 Å². The van der Waals surface area contributed by atoms with E-state index in [0.717, 1.165) is 44.1 Å². The lowest BCUT2D eigenvalue weighted by Crippen LogP contribution is -2.35. The monoisotopic (exact) mass is 340 g/mol. The van der Waals surface area contributed by atoms with Crippen molar-refractivity contribution >= 4 is 17.7 Å².